The molecule has 1 aliphatic heterocycles. The minimum absolute atomic E-state index is 0.00387. The zero-order valence-electron chi connectivity index (χ0n) is 13.8. The Bertz CT molecular complexity index is 597. The number of nitrogens with one attached hydrogen (secondary N) is 2. The van der Waals surface area contributed by atoms with Crippen molar-refractivity contribution in [2.45, 2.75) is 38.6 Å². The highest BCUT2D eigenvalue weighted by atomic mass is 16.6. The Morgan fingerprint density at radius 2 is 1.75 bits per heavy atom. The zero-order chi connectivity index (χ0) is 16.8. The third-order valence-corrected chi connectivity index (χ3v) is 4.50. The van der Waals surface area contributed by atoms with E-state index in [1.165, 1.54) is 6.42 Å². The lowest BCUT2D eigenvalue weighted by Gasteiger charge is -2.20. The first-order chi connectivity index (χ1) is 11.7. The van der Waals surface area contributed by atoms with Crippen LogP contribution in [0.1, 0.15) is 37.7 Å². The fourth-order valence-corrected chi connectivity index (χ4v) is 3.14. The molecule has 1 aliphatic carbocycles. The fraction of sp³-hybridized carbons (Fsp3) is 0.556. The van der Waals surface area contributed by atoms with E-state index in [9.17, 15) is 9.59 Å². The second kappa shape index (κ2) is 8.04. The van der Waals surface area contributed by atoms with Gasteiger partial charge in [0.2, 0.25) is 11.8 Å². The van der Waals surface area contributed by atoms with Crippen LogP contribution < -0.4 is 20.1 Å². The molecule has 0 saturated heterocycles. The van der Waals surface area contributed by atoms with Crippen molar-refractivity contribution in [2.75, 3.05) is 19.8 Å². The van der Waals surface area contributed by atoms with E-state index in [0.717, 1.165) is 37.0 Å². The zero-order valence-corrected chi connectivity index (χ0v) is 13.8. The van der Waals surface area contributed by atoms with Crippen LogP contribution in [0.4, 0.5) is 0 Å². The first-order valence-corrected chi connectivity index (χ1v) is 8.65. The molecule has 1 fully saturated rings. The molecule has 0 bridgehead atoms. The molecular formula is C18H24N2O4. The van der Waals surface area contributed by atoms with E-state index < -0.39 is 0 Å². The number of amides is 2. The van der Waals surface area contributed by atoms with E-state index in [1.807, 2.05) is 18.2 Å². The van der Waals surface area contributed by atoms with Crippen LogP contribution >= 0.6 is 0 Å². The predicted molar refractivity (Wildman–Crippen MR) is 88.9 cm³/mol. The minimum Gasteiger partial charge on any atom is -0.486 e. The maximum Gasteiger partial charge on any atom is 0.239 e. The van der Waals surface area contributed by atoms with Crippen molar-refractivity contribution in [3.05, 3.63) is 23.8 Å². The van der Waals surface area contributed by atoms with Crippen molar-refractivity contribution in [2.24, 2.45) is 5.92 Å². The molecule has 2 amide bonds. The number of benzene rings is 1. The van der Waals surface area contributed by atoms with Crippen LogP contribution in [0.15, 0.2) is 18.2 Å². The Hall–Kier alpha value is -2.24. The van der Waals surface area contributed by atoms with Gasteiger partial charge in [-0.25, -0.2) is 0 Å². The van der Waals surface area contributed by atoms with Gasteiger partial charge in [0.25, 0.3) is 0 Å². The lowest BCUT2D eigenvalue weighted by Crippen LogP contribution is -2.39. The summed E-state index contributed by atoms with van der Waals surface area (Å²) in [5.41, 5.74) is 0.936. The minimum atomic E-state index is -0.186. The Labute approximate surface area is 141 Å². The topological polar surface area (TPSA) is 76.7 Å². The second-order valence-electron chi connectivity index (χ2n) is 6.31. The van der Waals surface area contributed by atoms with E-state index in [2.05, 4.69) is 10.6 Å². The average molecular weight is 332 g/mol. The molecule has 2 N–H and O–H groups in total. The predicted octanol–water partition coefficient (Wildman–Crippen LogP) is 1.77. The molecular weight excluding hydrogens is 308 g/mol. The van der Waals surface area contributed by atoms with Crippen LogP contribution in [0.25, 0.3) is 0 Å². The summed E-state index contributed by atoms with van der Waals surface area (Å²) in [4.78, 5) is 23.9. The SMILES string of the molecule is O=C(CNC(=O)C1CCCCC1)NCc1ccc2c(c1)OCCO2. The molecule has 0 aromatic heterocycles. The first-order valence-electron chi connectivity index (χ1n) is 8.65. The van der Waals surface area contributed by atoms with Gasteiger partial charge < -0.3 is 20.1 Å². The van der Waals surface area contributed by atoms with E-state index in [4.69, 9.17) is 9.47 Å². The molecule has 0 unspecified atom stereocenters. The van der Waals surface area contributed by atoms with E-state index in [1.54, 1.807) is 0 Å². The Morgan fingerprint density at radius 3 is 2.54 bits per heavy atom. The standard InChI is InChI=1S/C18H24N2O4/c21-17(12-20-18(22)14-4-2-1-3-5-14)19-11-13-6-7-15-16(10-13)24-9-8-23-15/h6-7,10,14H,1-5,8-9,11-12H2,(H,19,21)(H,20,22). The number of rotatable bonds is 5. The average Bonchev–Trinajstić information content (AvgIpc) is 2.65. The smallest absolute Gasteiger partial charge is 0.239 e. The lowest BCUT2D eigenvalue weighted by atomic mass is 9.89. The summed E-state index contributed by atoms with van der Waals surface area (Å²) in [5.74, 6) is 1.33. The summed E-state index contributed by atoms with van der Waals surface area (Å²) in [6.07, 6.45) is 5.29. The summed E-state index contributed by atoms with van der Waals surface area (Å²) in [6.45, 7) is 1.52. The van der Waals surface area contributed by atoms with Crippen molar-refractivity contribution < 1.29 is 19.1 Å². The van der Waals surface area contributed by atoms with Crippen molar-refractivity contribution in [3.8, 4) is 11.5 Å². The normalized spacial score (nSPS) is 17.2. The molecule has 1 heterocycles. The van der Waals surface area contributed by atoms with Crippen LogP contribution in [0, 0.1) is 5.92 Å². The van der Waals surface area contributed by atoms with Gasteiger partial charge in [-0.15, -0.1) is 0 Å². The number of carbonyl (C=O) groups excluding carboxylic acids is 2. The molecule has 130 valence electrons. The summed E-state index contributed by atoms with van der Waals surface area (Å²) in [5, 5.41) is 5.56. The largest absolute Gasteiger partial charge is 0.486 e. The van der Waals surface area contributed by atoms with Crippen molar-refractivity contribution in [1.82, 2.24) is 10.6 Å². The van der Waals surface area contributed by atoms with Gasteiger partial charge in [-0.3, -0.25) is 9.59 Å². The number of fused-ring (bicyclic) bond motifs is 1. The van der Waals surface area contributed by atoms with Crippen LogP contribution in [-0.4, -0.2) is 31.6 Å². The lowest BCUT2D eigenvalue weighted by molar-refractivity contribution is -0.129. The van der Waals surface area contributed by atoms with Gasteiger partial charge in [-0.05, 0) is 30.5 Å². The highest BCUT2D eigenvalue weighted by molar-refractivity contribution is 5.85. The molecule has 0 radical (unpaired) electrons. The van der Waals surface area contributed by atoms with Gasteiger partial charge in [0.05, 0.1) is 6.54 Å². The van der Waals surface area contributed by atoms with Gasteiger partial charge >= 0.3 is 0 Å². The quantitative estimate of drug-likeness (QED) is 0.861. The van der Waals surface area contributed by atoms with Crippen molar-refractivity contribution in [3.63, 3.8) is 0 Å². The Balaban J connectivity index is 1.41. The van der Waals surface area contributed by atoms with E-state index >= 15 is 0 Å². The third-order valence-electron chi connectivity index (χ3n) is 4.50. The summed E-state index contributed by atoms with van der Waals surface area (Å²) < 4.78 is 11.0. The fourth-order valence-electron chi connectivity index (χ4n) is 3.14. The van der Waals surface area contributed by atoms with Gasteiger partial charge in [-0.2, -0.15) is 0 Å². The molecule has 6 heteroatoms. The second-order valence-corrected chi connectivity index (χ2v) is 6.31. The van der Waals surface area contributed by atoms with Gasteiger partial charge in [0, 0.05) is 12.5 Å². The van der Waals surface area contributed by atoms with E-state index in [0.29, 0.717) is 25.5 Å². The highest BCUT2D eigenvalue weighted by Crippen LogP contribution is 2.30. The molecule has 2 aliphatic rings. The Morgan fingerprint density at radius 1 is 1.00 bits per heavy atom. The van der Waals surface area contributed by atoms with E-state index in [-0.39, 0.29) is 24.3 Å². The maximum atomic E-state index is 12.0. The number of hydrogen-bond acceptors (Lipinski definition) is 4. The van der Waals surface area contributed by atoms with Gasteiger partial charge in [0.1, 0.15) is 13.2 Å². The summed E-state index contributed by atoms with van der Waals surface area (Å²) in [7, 11) is 0. The molecule has 1 saturated carbocycles. The molecule has 6 nitrogen and oxygen atoms in total. The van der Waals surface area contributed by atoms with Crippen LogP contribution in [0.2, 0.25) is 0 Å². The van der Waals surface area contributed by atoms with Crippen molar-refractivity contribution in [1.29, 1.82) is 0 Å². The number of ether oxygens (including phenoxy) is 2. The highest BCUT2D eigenvalue weighted by Gasteiger charge is 2.21. The molecule has 0 spiro atoms. The van der Waals surface area contributed by atoms with Gasteiger partial charge in [0.15, 0.2) is 11.5 Å². The number of hydrogen-bond donors (Lipinski definition) is 2. The van der Waals surface area contributed by atoms with Gasteiger partial charge in [-0.1, -0.05) is 25.3 Å². The van der Waals surface area contributed by atoms with Crippen LogP contribution in [0.3, 0.4) is 0 Å². The van der Waals surface area contributed by atoms with Crippen LogP contribution in [0.5, 0.6) is 11.5 Å². The monoisotopic (exact) mass is 332 g/mol. The summed E-state index contributed by atoms with van der Waals surface area (Å²) >= 11 is 0. The molecule has 0 atom stereocenters. The Kier molecular flexibility index (Phi) is 5.56. The maximum absolute atomic E-state index is 12.0. The first kappa shape index (κ1) is 16.6. The van der Waals surface area contributed by atoms with Crippen LogP contribution in [-0.2, 0) is 16.1 Å². The molecule has 1 aromatic rings. The molecule has 1 aromatic carbocycles. The third kappa shape index (κ3) is 4.40. The molecule has 24 heavy (non-hydrogen) atoms. The molecule has 3 rings (SSSR count). The summed E-state index contributed by atoms with van der Waals surface area (Å²) in [6, 6.07) is 5.62. The van der Waals surface area contributed by atoms with Crippen molar-refractivity contribution >= 4 is 11.8 Å². The number of carbonyl (C=O) groups is 2.